The van der Waals surface area contributed by atoms with Crippen LogP contribution >= 0.6 is 0 Å². The molecule has 2 unspecified atom stereocenters. The molecule has 0 saturated carbocycles. The van der Waals surface area contributed by atoms with Gasteiger partial charge < -0.3 is 15.4 Å². The van der Waals surface area contributed by atoms with Crippen LogP contribution in [0.3, 0.4) is 0 Å². The molecule has 3 rings (SSSR count). The highest BCUT2D eigenvalue weighted by atomic mass is 16.5. The largest absolute Gasteiger partial charge is 0.399 e. The third-order valence-corrected chi connectivity index (χ3v) is 3.30. The van der Waals surface area contributed by atoms with Gasteiger partial charge in [0.2, 0.25) is 0 Å². The monoisotopic (exact) mass is 204 g/mol. The Morgan fingerprint density at radius 1 is 1.07 bits per heavy atom. The van der Waals surface area contributed by atoms with Gasteiger partial charge in [-0.2, -0.15) is 0 Å². The van der Waals surface area contributed by atoms with Crippen LogP contribution in [0.1, 0.15) is 12.8 Å². The molecule has 3 nitrogen and oxygen atoms in total. The summed E-state index contributed by atoms with van der Waals surface area (Å²) in [7, 11) is 0. The van der Waals surface area contributed by atoms with E-state index in [-0.39, 0.29) is 0 Å². The van der Waals surface area contributed by atoms with E-state index in [1.807, 2.05) is 12.1 Å². The summed E-state index contributed by atoms with van der Waals surface area (Å²) >= 11 is 0. The number of nitrogen functional groups attached to an aromatic ring is 1. The second kappa shape index (κ2) is 3.42. The molecule has 2 atom stereocenters. The van der Waals surface area contributed by atoms with Crippen molar-refractivity contribution >= 4 is 11.4 Å². The van der Waals surface area contributed by atoms with Crippen molar-refractivity contribution in [2.24, 2.45) is 0 Å². The Morgan fingerprint density at radius 2 is 1.67 bits per heavy atom. The maximum absolute atomic E-state index is 5.81. The molecule has 0 amide bonds. The van der Waals surface area contributed by atoms with Gasteiger partial charge in [-0.25, -0.2) is 0 Å². The molecule has 2 fully saturated rings. The molecule has 2 N–H and O–H groups in total. The zero-order valence-corrected chi connectivity index (χ0v) is 8.73. The van der Waals surface area contributed by atoms with Crippen molar-refractivity contribution in [2.75, 3.05) is 23.7 Å². The van der Waals surface area contributed by atoms with Crippen LogP contribution in [0.25, 0.3) is 0 Å². The highest BCUT2D eigenvalue weighted by Gasteiger charge is 2.33. The summed E-state index contributed by atoms with van der Waals surface area (Å²) in [5, 5.41) is 0. The number of ether oxygens (including phenoxy) is 1. The van der Waals surface area contributed by atoms with Crippen molar-refractivity contribution in [2.45, 2.75) is 25.0 Å². The van der Waals surface area contributed by atoms with E-state index in [9.17, 15) is 0 Å². The molecule has 2 saturated heterocycles. The number of fused-ring (bicyclic) bond motifs is 2. The van der Waals surface area contributed by atoms with E-state index >= 15 is 0 Å². The highest BCUT2D eigenvalue weighted by Crippen LogP contribution is 2.29. The number of morpholine rings is 1. The van der Waals surface area contributed by atoms with Crippen molar-refractivity contribution in [3.05, 3.63) is 24.3 Å². The Bertz CT molecular complexity index is 337. The zero-order chi connectivity index (χ0) is 10.3. The minimum atomic E-state index is 0.446. The first-order valence-electron chi connectivity index (χ1n) is 5.57. The van der Waals surface area contributed by atoms with E-state index in [1.165, 1.54) is 18.5 Å². The van der Waals surface area contributed by atoms with Crippen molar-refractivity contribution < 1.29 is 4.74 Å². The molecule has 1 aromatic carbocycles. The lowest BCUT2D eigenvalue weighted by atomic mass is 10.2. The fourth-order valence-electron chi connectivity index (χ4n) is 2.51. The molecule has 2 aliphatic rings. The Balaban J connectivity index is 1.80. The Hall–Kier alpha value is -1.22. The Labute approximate surface area is 89.8 Å². The lowest BCUT2D eigenvalue weighted by Crippen LogP contribution is -2.42. The Kier molecular flexibility index (Phi) is 2.06. The van der Waals surface area contributed by atoms with Gasteiger partial charge in [-0.05, 0) is 37.1 Å². The average molecular weight is 204 g/mol. The smallest absolute Gasteiger partial charge is 0.0755 e. The third kappa shape index (κ3) is 1.67. The summed E-state index contributed by atoms with van der Waals surface area (Å²) in [6.45, 7) is 2.06. The summed E-state index contributed by atoms with van der Waals surface area (Å²) in [4.78, 5) is 2.41. The fourth-order valence-corrected chi connectivity index (χ4v) is 2.51. The SMILES string of the molecule is Nc1ccc(N2CC3CCC(C2)O3)cc1. The average Bonchev–Trinajstić information content (AvgIpc) is 2.59. The minimum absolute atomic E-state index is 0.446. The van der Waals surface area contributed by atoms with Gasteiger partial charge in [0.1, 0.15) is 0 Å². The van der Waals surface area contributed by atoms with Crippen LogP contribution in [0, 0.1) is 0 Å². The van der Waals surface area contributed by atoms with Gasteiger partial charge in [-0.15, -0.1) is 0 Å². The van der Waals surface area contributed by atoms with Gasteiger partial charge in [-0.1, -0.05) is 0 Å². The van der Waals surface area contributed by atoms with Crippen LogP contribution in [-0.4, -0.2) is 25.3 Å². The van der Waals surface area contributed by atoms with E-state index < -0.39 is 0 Å². The predicted molar refractivity (Wildman–Crippen MR) is 61.0 cm³/mol. The van der Waals surface area contributed by atoms with Crippen LogP contribution in [-0.2, 0) is 4.74 Å². The third-order valence-electron chi connectivity index (χ3n) is 3.30. The fraction of sp³-hybridized carbons (Fsp3) is 0.500. The minimum Gasteiger partial charge on any atom is -0.399 e. The molecular weight excluding hydrogens is 188 g/mol. The second-order valence-corrected chi connectivity index (χ2v) is 4.45. The van der Waals surface area contributed by atoms with Crippen molar-refractivity contribution in [1.82, 2.24) is 0 Å². The lowest BCUT2D eigenvalue weighted by Gasteiger charge is -2.33. The predicted octanol–water partition coefficient (Wildman–Crippen LogP) is 1.64. The molecule has 3 heteroatoms. The summed E-state index contributed by atoms with van der Waals surface area (Å²) in [5.74, 6) is 0. The summed E-state index contributed by atoms with van der Waals surface area (Å²) < 4.78 is 5.81. The van der Waals surface area contributed by atoms with Crippen LogP contribution in [0.15, 0.2) is 24.3 Å². The lowest BCUT2D eigenvalue weighted by molar-refractivity contribution is 0.0305. The molecule has 0 spiro atoms. The van der Waals surface area contributed by atoms with E-state index in [4.69, 9.17) is 10.5 Å². The molecule has 2 aliphatic heterocycles. The van der Waals surface area contributed by atoms with E-state index in [0.717, 1.165) is 18.8 Å². The quantitative estimate of drug-likeness (QED) is 0.707. The van der Waals surface area contributed by atoms with Crippen LogP contribution in [0.4, 0.5) is 11.4 Å². The van der Waals surface area contributed by atoms with E-state index in [1.54, 1.807) is 0 Å². The van der Waals surface area contributed by atoms with E-state index in [2.05, 4.69) is 17.0 Å². The molecule has 15 heavy (non-hydrogen) atoms. The second-order valence-electron chi connectivity index (χ2n) is 4.45. The number of benzene rings is 1. The molecule has 2 bridgehead atoms. The molecule has 0 radical (unpaired) electrons. The summed E-state index contributed by atoms with van der Waals surface area (Å²) in [5.41, 5.74) is 7.78. The molecule has 2 heterocycles. The number of hydrogen-bond donors (Lipinski definition) is 1. The standard InChI is InChI=1S/C12H16N2O/c13-9-1-3-10(4-2-9)14-7-11-5-6-12(8-14)15-11/h1-4,11-12H,5-8,13H2. The topological polar surface area (TPSA) is 38.5 Å². The number of rotatable bonds is 1. The van der Waals surface area contributed by atoms with Gasteiger partial charge in [-0.3, -0.25) is 0 Å². The molecule has 0 aliphatic carbocycles. The number of nitrogens with zero attached hydrogens (tertiary/aromatic N) is 1. The zero-order valence-electron chi connectivity index (χ0n) is 8.73. The molecule has 1 aromatic rings. The number of nitrogens with two attached hydrogens (primary N) is 1. The van der Waals surface area contributed by atoms with Gasteiger partial charge in [0, 0.05) is 24.5 Å². The number of hydrogen-bond acceptors (Lipinski definition) is 3. The van der Waals surface area contributed by atoms with Gasteiger partial charge in [0.05, 0.1) is 12.2 Å². The van der Waals surface area contributed by atoms with Crippen LogP contribution in [0.5, 0.6) is 0 Å². The van der Waals surface area contributed by atoms with Crippen LogP contribution < -0.4 is 10.6 Å². The number of anilines is 2. The van der Waals surface area contributed by atoms with Gasteiger partial charge in [0.25, 0.3) is 0 Å². The Morgan fingerprint density at radius 3 is 2.27 bits per heavy atom. The maximum atomic E-state index is 5.81. The maximum Gasteiger partial charge on any atom is 0.0755 e. The molecule has 80 valence electrons. The first-order chi connectivity index (χ1) is 7.31. The normalized spacial score (nSPS) is 29.5. The van der Waals surface area contributed by atoms with Gasteiger partial charge in [0.15, 0.2) is 0 Å². The summed E-state index contributed by atoms with van der Waals surface area (Å²) in [6.07, 6.45) is 3.33. The first-order valence-corrected chi connectivity index (χ1v) is 5.57. The van der Waals surface area contributed by atoms with Crippen LogP contribution in [0.2, 0.25) is 0 Å². The van der Waals surface area contributed by atoms with Crippen molar-refractivity contribution in [1.29, 1.82) is 0 Å². The summed E-state index contributed by atoms with van der Waals surface area (Å²) in [6, 6.07) is 8.12. The van der Waals surface area contributed by atoms with Gasteiger partial charge >= 0.3 is 0 Å². The van der Waals surface area contributed by atoms with Crippen molar-refractivity contribution in [3.63, 3.8) is 0 Å². The highest BCUT2D eigenvalue weighted by molar-refractivity contribution is 5.53. The van der Waals surface area contributed by atoms with Crippen molar-refractivity contribution in [3.8, 4) is 0 Å². The first kappa shape index (κ1) is 9.04. The van der Waals surface area contributed by atoms with E-state index in [0.29, 0.717) is 12.2 Å². The molecule has 0 aromatic heterocycles. The molecular formula is C12H16N2O.